The number of carbonyl (C=O) groups excluding carboxylic acids is 1. The lowest BCUT2D eigenvalue weighted by atomic mass is 9.75. The molecular formula is C23H30FN3O2S. The minimum atomic E-state index is -0.966. The smallest absolute Gasteiger partial charge is 0.221 e. The molecule has 0 spiro atoms. The third-order valence-electron chi connectivity index (χ3n) is 6.60. The normalized spacial score (nSPS) is 26.5. The van der Waals surface area contributed by atoms with Crippen LogP contribution in [-0.4, -0.2) is 40.9 Å². The third kappa shape index (κ3) is 4.37. The molecule has 1 aromatic heterocycles. The largest absolute Gasteiger partial charge is 0.390 e. The molecule has 3 N–H and O–H groups in total. The van der Waals surface area contributed by atoms with Gasteiger partial charge in [0.1, 0.15) is 6.17 Å². The molecule has 2 heterocycles. The van der Waals surface area contributed by atoms with E-state index in [2.05, 4.69) is 29.2 Å². The molecule has 7 heteroatoms. The van der Waals surface area contributed by atoms with Crippen molar-refractivity contribution in [3.63, 3.8) is 0 Å². The molecular weight excluding hydrogens is 401 g/mol. The van der Waals surface area contributed by atoms with Crippen LogP contribution in [0.15, 0.2) is 24.3 Å². The Morgan fingerprint density at radius 3 is 2.57 bits per heavy atom. The van der Waals surface area contributed by atoms with Gasteiger partial charge in [-0.25, -0.2) is 9.37 Å². The number of alkyl halides is 1. The lowest BCUT2D eigenvalue weighted by molar-refractivity contribution is -0.124. The Labute approximate surface area is 181 Å². The number of piperidine rings is 1. The van der Waals surface area contributed by atoms with Crippen molar-refractivity contribution in [3.8, 4) is 10.4 Å². The van der Waals surface area contributed by atoms with Crippen molar-refractivity contribution in [1.82, 2.24) is 4.98 Å². The average molecular weight is 432 g/mol. The Bertz CT molecular complexity index is 902. The summed E-state index contributed by atoms with van der Waals surface area (Å²) in [7, 11) is 0. The van der Waals surface area contributed by atoms with Crippen LogP contribution in [0.3, 0.4) is 0 Å². The monoisotopic (exact) mass is 431 g/mol. The van der Waals surface area contributed by atoms with E-state index in [9.17, 15) is 14.3 Å². The molecule has 0 unspecified atom stereocenters. The average Bonchev–Trinajstić information content (AvgIpc) is 3.09. The quantitative estimate of drug-likeness (QED) is 0.761. The maximum absolute atomic E-state index is 13.9. The van der Waals surface area contributed by atoms with Crippen LogP contribution in [0.25, 0.3) is 10.4 Å². The molecule has 4 rings (SSSR count). The highest BCUT2D eigenvalue weighted by Crippen LogP contribution is 2.44. The number of nitrogens with two attached hydrogens (primary N) is 1. The summed E-state index contributed by atoms with van der Waals surface area (Å²) in [5.74, 6) is -1.07. The molecule has 0 radical (unpaired) electrons. The van der Waals surface area contributed by atoms with E-state index in [0.29, 0.717) is 12.8 Å². The molecule has 1 aromatic carbocycles. The minimum absolute atomic E-state index is 0.126. The van der Waals surface area contributed by atoms with Gasteiger partial charge < -0.3 is 15.7 Å². The molecule has 0 bridgehead atoms. The van der Waals surface area contributed by atoms with Crippen molar-refractivity contribution in [2.75, 3.05) is 18.0 Å². The highest BCUT2D eigenvalue weighted by molar-refractivity contribution is 7.15. The predicted octanol–water partition coefficient (Wildman–Crippen LogP) is 4.18. The van der Waals surface area contributed by atoms with Crippen molar-refractivity contribution < 1.29 is 14.3 Å². The lowest BCUT2D eigenvalue weighted by Gasteiger charge is -2.37. The molecule has 2 aliphatic rings. The van der Waals surface area contributed by atoms with Crippen molar-refractivity contribution in [3.05, 3.63) is 35.0 Å². The number of benzene rings is 1. The summed E-state index contributed by atoms with van der Waals surface area (Å²) >= 11 is 1.61. The van der Waals surface area contributed by atoms with Crippen LogP contribution >= 0.6 is 11.3 Å². The van der Waals surface area contributed by atoms with Gasteiger partial charge in [-0.05, 0) is 63.6 Å². The van der Waals surface area contributed by atoms with Crippen molar-refractivity contribution in [2.45, 2.75) is 63.6 Å². The SMILES string of the molecule is Cc1nc([C@@H]2CC[C@H](F)C[C@H]2C(N)=O)c(-c2ccc(N3CCC(C)(O)CC3)cc2)s1. The molecule has 162 valence electrons. The van der Waals surface area contributed by atoms with E-state index in [-0.39, 0.29) is 12.3 Å². The van der Waals surface area contributed by atoms with Gasteiger partial charge in [-0.15, -0.1) is 11.3 Å². The molecule has 1 amide bonds. The van der Waals surface area contributed by atoms with E-state index in [1.807, 2.05) is 13.8 Å². The van der Waals surface area contributed by atoms with Crippen LogP contribution in [0.2, 0.25) is 0 Å². The zero-order chi connectivity index (χ0) is 21.5. The number of halogens is 1. The van der Waals surface area contributed by atoms with Crippen LogP contribution in [0, 0.1) is 12.8 Å². The number of aromatic nitrogens is 1. The molecule has 1 saturated heterocycles. The first-order chi connectivity index (χ1) is 14.2. The fraction of sp³-hybridized carbons (Fsp3) is 0.565. The second-order valence-electron chi connectivity index (χ2n) is 9.00. The first-order valence-electron chi connectivity index (χ1n) is 10.7. The summed E-state index contributed by atoms with van der Waals surface area (Å²) in [6.45, 7) is 5.54. The molecule has 1 aliphatic heterocycles. The predicted molar refractivity (Wildman–Crippen MR) is 119 cm³/mol. The standard InChI is InChI=1S/C23H30FN3O2S/c1-14-26-20(18-8-5-16(24)13-19(18)22(25)28)21(30-14)15-3-6-17(7-4-15)27-11-9-23(2,29)10-12-27/h3-4,6-7,16,18-19,29H,5,8-13H2,1-2H3,(H2,25,28)/t16-,18+,19+/m0/s1. The Morgan fingerprint density at radius 1 is 1.27 bits per heavy atom. The molecule has 30 heavy (non-hydrogen) atoms. The first kappa shape index (κ1) is 21.2. The van der Waals surface area contributed by atoms with E-state index < -0.39 is 23.6 Å². The number of aryl methyl sites for hydroxylation is 1. The third-order valence-corrected chi connectivity index (χ3v) is 7.63. The Kier molecular flexibility index (Phi) is 5.86. The molecule has 1 saturated carbocycles. The lowest BCUT2D eigenvalue weighted by Crippen LogP contribution is -2.42. The summed E-state index contributed by atoms with van der Waals surface area (Å²) in [4.78, 5) is 20.1. The van der Waals surface area contributed by atoms with Gasteiger partial charge in [0.15, 0.2) is 0 Å². The number of thiazole rings is 1. The number of amides is 1. The van der Waals surface area contributed by atoms with E-state index in [4.69, 9.17) is 10.7 Å². The molecule has 3 atom stereocenters. The van der Waals surface area contributed by atoms with Gasteiger partial charge >= 0.3 is 0 Å². The summed E-state index contributed by atoms with van der Waals surface area (Å²) in [6, 6.07) is 8.41. The number of rotatable bonds is 4. The Balaban J connectivity index is 1.59. The van der Waals surface area contributed by atoms with Crippen molar-refractivity contribution in [2.24, 2.45) is 11.7 Å². The number of nitrogens with zero attached hydrogens (tertiary/aromatic N) is 2. The van der Waals surface area contributed by atoms with E-state index >= 15 is 0 Å². The molecule has 2 aromatic rings. The van der Waals surface area contributed by atoms with Gasteiger partial charge in [0.2, 0.25) is 5.91 Å². The number of hydrogen-bond donors (Lipinski definition) is 2. The topological polar surface area (TPSA) is 79.5 Å². The number of anilines is 1. The molecule has 2 fully saturated rings. The van der Waals surface area contributed by atoms with Crippen LogP contribution in [-0.2, 0) is 4.79 Å². The van der Waals surface area contributed by atoms with Crippen LogP contribution in [0.4, 0.5) is 10.1 Å². The highest BCUT2D eigenvalue weighted by atomic mass is 32.1. The zero-order valence-corrected chi connectivity index (χ0v) is 18.4. The van der Waals surface area contributed by atoms with Gasteiger partial charge in [-0.1, -0.05) is 12.1 Å². The number of carbonyl (C=O) groups is 1. The second kappa shape index (κ2) is 8.27. The van der Waals surface area contributed by atoms with E-state index in [0.717, 1.165) is 52.8 Å². The van der Waals surface area contributed by atoms with Crippen LogP contribution < -0.4 is 10.6 Å². The minimum Gasteiger partial charge on any atom is -0.390 e. The first-order valence-corrected chi connectivity index (χ1v) is 11.5. The summed E-state index contributed by atoms with van der Waals surface area (Å²) < 4.78 is 13.9. The van der Waals surface area contributed by atoms with Crippen LogP contribution in [0.1, 0.15) is 55.6 Å². The maximum Gasteiger partial charge on any atom is 0.221 e. The molecule has 1 aliphatic carbocycles. The number of primary amides is 1. The number of aliphatic hydroxyl groups is 1. The van der Waals surface area contributed by atoms with Gasteiger partial charge in [-0.2, -0.15) is 0 Å². The van der Waals surface area contributed by atoms with Crippen molar-refractivity contribution >= 4 is 22.9 Å². The van der Waals surface area contributed by atoms with Gasteiger partial charge in [0, 0.05) is 30.6 Å². The van der Waals surface area contributed by atoms with Gasteiger partial charge in [0.05, 0.1) is 21.2 Å². The van der Waals surface area contributed by atoms with Gasteiger partial charge in [0.25, 0.3) is 0 Å². The fourth-order valence-electron chi connectivity index (χ4n) is 4.73. The second-order valence-corrected chi connectivity index (χ2v) is 10.2. The Morgan fingerprint density at radius 2 is 1.93 bits per heavy atom. The highest BCUT2D eigenvalue weighted by Gasteiger charge is 2.38. The summed E-state index contributed by atoms with van der Waals surface area (Å²) in [5, 5.41) is 11.1. The zero-order valence-electron chi connectivity index (χ0n) is 17.6. The van der Waals surface area contributed by atoms with E-state index in [1.165, 1.54) is 0 Å². The summed E-state index contributed by atoms with van der Waals surface area (Å²) in [5.41, 5.74) is 8.14. The fourth-order valence-corrected chi connectivity index (χ4v) is 5.73. The summed E-state index contributed by atoms with van der Waals surface area (Å²) in [6.07, 6.45) is 1.79. The number of hydrogen-bond acceptors (Lipinski definition) is 5. The molecule has 5 nitrogen and oxygen atoms in total. The van der Waals surface area contributed by atoms with Crippen molar-refractivity contribution in [1.29, 1.82) is 0 Å². The van der Waals surface area contributed by atoms with Gasteiger partial charge in [-0.3, -0.25) is 4.79 Å². The Hall–Kier alpha value is -1.99. The van der Waals surface area contributed by atoms with E-state index in [1.54, 1.807) is 11.3 Å². The van der Waals surface area contributed by atoms with Crippen LogP contribution in [0.5, 0.6) is 0 Å². The maximum atomic E-state index is 13.9.